The van der Waals surface area contributed by atoms with Crippen LogP contribution in [0.2, 0.25) is 0 Å². The molecule has 3 rings (SSSR count). The largest absolute Gasteiger partial charge is 0.497 e. The van der Waals surface area contributed by atoms with Crippen molar-refractivity contribution in [1.29, 1.82) is 0 Å². The second-order valence-electron chi connectivity index (χ2n) is 6.80. The van der Waals surface area contributed by atoms with Gasteiger partial charge >= 0.3 is 0 Å². The van der Waals surface area contributed by atoms with Crippen molar-refractivity contribution in [2.24, 2.45) is 0 Å². The van der Waals surface area contributed by atoms with Gasteiger partial charge in [0.05, 0.1) is 7.11 Å². The summed E-state index contributed by atoms with van der Waals surface area (Å²) >= 11 is 1.63. The minimum absolute atomic E-state index is 0.340. The first-order chi connectivity index (χ1) is 12.2. The highest BCUT2D eigenvalue weighted by Gasteiger charge is 2.26. The summed E-state index contributed by atoms with van der Waals surface area (Å²) in [5, 5.41) is 3.81. The first-order valence-corrected chi connectivity index (χ1v) is 10.2. The molecule has 1 aliphatic rings. The molecule has 3 unspecified atom stereocenters. The molecule has 1 saturated carbocycles. The summed E-state index contributed by atoms with van der Waals surface area (Å²) in [6, 6.07) is 18.2. The van der Waals surface area contributed by atoms with E-state index in [1.54, 1.807) is 19.1 Å². The van der Waals surface area contributed by atoms with Gasteiger partial charge in [-0.1, -0.05) is 36.2 Å². The minimum atomic E-state index is 0.340. The van der Waals surface area contributed by atoms with E-state index >= 15 is 0 Å². The van der Waals surface area contributed by atoms with Gasteiger partial charge in [-0.3, -0.25) is 0 Å². The van der Waals surface area contributed by atoms with Crippen LogP contribution in [0.3, 0.4) is 0 Å². The van der Waals surface area contributed by atoms with Gasteiger partial charge in [0.2, 0.25) is 0 Å². The highest BCUT2D eigenvalue weighted by atomic mass is 32.2. The van der Waals surface area contributed by atoms with Crippen molar-refractivity contribution in [3.8, 4) is 5.75 Å². The molecule has 0 radical (unpaired) electrons. The molecular weight excluding hydrogens is 328 g/mol. The normalized spacial score (nSPS) is 21.1. The molecule has 0 spiro atoms. The van der Waals surface area contributed by atoms with Crippen molar-refractivity contribution < 1.29 is 4.74 Å². The van der Waals surface area contributed by atoms with Crippen LogP contribution in [0, 0.1) is 0 Å². The monoisotopic (exact) mass is 356 g/mol. The van der Waals surface area contributed by atoms with Gasteiger partial charge < -0.3 is 14.8 Å². The Balaban J connectivity index is 1.57. The van der Waals surface area contributed by atoms with Gasteiger partial charge in [0, 0.05) is 24.0 Å². The number of benzene rings is 2. The van der Waals surface area contributed by atoms with E-state index in [9.17, 15) is 0 Å². The lowest BCUT2D eigenvalue weighted by molar-refractivity contribution is 0.411. The number of ether oxygens (including phenoxy) is 1. The van der Waals surface area contributed by atoms with Gasteiger partial charge in [-0.2, -0.15) is 0 Å². The zero-order chi connectivity index (χ0) is 17.6. The van der Waals surface area contributed by atoms with Crippen LogP contribution in [0.1, 0.15) is 49.3 Å². The SMILES string of the molecule is COc1cccc(C(C)NC2CCC(c3ccc(NSC)cc3)C2)c1. The molecule has 2 N–H and O–H groups in total. The molecule has 2 aromatic carbocycles. The van der Waals surface area contributed by atoms with Gasteiger partial charge in [0.25, 0.3) is 0 Å². The fourth-order valence-electron chi connectivity index (χ4n) is 3.74. The summed E-state index contributed by atoms with van der Waals surface area (Å²) in [4.78, 5) is 0. The Kier molecular flexibility index (Phi) is 6.27. The average molecular weight is 357 g/mol. The highest BCUT2D eigenvalue weighted by molar-refractivity contribution is 7.99. The maximum absolute atomic E-state index is 5.34. The molecule has 0 bridgehead atoms. The maximum atomic E-state index is 5.34. The Morgan fingerprint density at radius 3 is 2.64 bits per heavy atom. The van der Waals surface area contributed by atoms with Crippen molar-refractivity contribution in [2.75, 3.05) is 18.1 Å². The molecule has 0 aliphatic heterocycles. The molecule has 3 nitrogen and oxygen atoms in total. The molecular formula is C21H28N2OS. The zero-order valence-electron chi connectivity index (χ0n) is 15.3. The highest BCUT2D eigenvalue weighted by Crippen LogP contribution is 2.36. The van der Waals surface area contributed by atoms with E-state index in [-0.39, 0.29) is 0 Å². The van der Waals surface area contributed by atoms with Crippen molar-refractivity contribution in [3.63, 3.8) is 0 Å². The Labute approximate surface area is 155 Å². The van der Waals surface area contributed by atoms with E-state index < -0.39 is 0 Å². The molecule has 1 fully saturated rings. The Morgan fingerprint density at radius 1 is 1.12 bits per heavy atom. The predicted octanol–water partition coefficient (Wildman–Crippen LogP) is 5.37. The van der Waals surface area contributed by atoms with Crippen molar-refractivity contribution >= 4 is 17.6 Å². The van der Waals surface area contributed by atoms with E-state index in [1.807, 2.05) is 12.3 Å². The maximum Gasteiger partial charge on any atom is 0.119 e. The molecule has 3 atom stereocenters. The van der Waals surface area contributed by atoms with Gasteiger partial charge in [-0.05, 0) is 67.5 Å². The first-order valence-electron chi connectivity index (χ1n) is 8.98. The second-order valence-corrected chi connectivity index (χ2v) is 7.41. The lowest BCUT2D eigenvalue weighted by Gasteiger charge is -2.20. The Hall–Kier alpha value is -1.65. The van der Waals surface area contributed by atoms with E-state index in [4.69, 9.17) is 4.74 Å². The average Bonchev–Trinajstić information content (AvgIpc) is 3.11. The van der Waals surface area contributed by atoms with E-state index in [0.717, 1.165) is 5.75 Å². The van der Waals surface area contributed by atoms with Crippen LogP contribution >= 0.6 is 11.9 Å². The lowest BCUT2D eigenvalue weighted by atomic mass is 9.97. The van der Waals surface area contributed by atoms with Crippen LogP contribution < -0.4 is 14.8 Å². The van der Waals surface area contributed by atoms with Crippen molar-refractivity contribution in [1.82, 2.24) is 5.32 Å². The summed E-state index contributed by atoms with van der Waals surface area (Å²) in [6.45, 7) is 2.24. The molecule has 25 heavy (non-hydrogen) atoms. The molecule has 0 amide bonds. The number of methoxy groups -OCH3 is 1. The first kappa shape index (κ1) is 18.2. The van der Waals surface area contributed by atoms with Gasteiger partial charge in [0.1, 0.15) is 5.75 Å². The number of nitrogens with one attached hydrogen (secondary N) is 2. The van der Waals surface area contributed by atoms with E-state index in [1.165, 1.54) is 36.1 Å². The van der Waals surface area contributed by atoms with Crippen molar-refractivity contribution in [3.05, 3.63) is 59.7 Å². The molecule has 134 valence electrons. The molecule has 2 aromatic rings. The molecule has 0 aromatic heterocycles. The quantitative estimate of drug-likeness (QED) is 0.653. The molecule has 1 aliphatic carbocycles. The van der Waals surface area contributed by atoms with Crippen LogP contribution in [0.15, 0.2) is 48.5 Å². The third-order valence-electron chi connectivity index (χ3n) is 5.11. The van der Waals surface area contributed by atoms with Crippen LogP contribution in [0.25, 0.3) is 0 Å². The Morgan fingerprint density at radius 2 is 1.92 bits per heavy atom. The topological polar surface area (TPSA) is 33.3 Å². The second kappa shape index (κ2) is 8.63. The standard InChI is InChI=1S/C21H28N2OS/c1-15(17-5-4-6-21(14-17)24-2)22-20-12-9-18(13-20)16-7-10-19(11-8-16)23-25-3/h4-8,10-11,14-15,18,20,22-23H,9,12-13H2,1-3H3. The fourth-order valence-corrected chi connectivity index (χ4v) is 4.11. The summed E-state index contributed by atoms with van der Waals surface area (Å²) in [6.07, 6.45) is 5.76. The number of hydrogen-bond acceptors (Lipinski definition) is 4. The van der Waals surface area contributed by atoms with Gasteiger partial charge in [-0.25, -0.2) is 0 Å². The van der Waals surface area contributed by atoms with Crippen molar-refractivity contribution in [2.45, 2.75) is 44.2 Å². The van der Waals surface area contributed by atoms with Gasteiger partial charge in [0.15, 0.2) is 0 Å². The van der Waals surface area contributed by atoms with Crippen LogP contribution in [-0.4, -0.2) is 19.4 Å². The third kappa shape index (κ3) is 4.71. The summed E-state index contributed by atoms with van der Waals surface area (Å²) < 4.78 is 8.62. The number of rotatable bonds is 7. The van der Waals surface area contributed by atoms with E-state index in [2.05, 4.69) is 59.4 Å². The summed E-state index contributed by atoms with van der Waals surface area (Å²) in [5.41, 5.74) is 3.93. The number of anilines is 1. The summed E-state index contributed by atoms with van der Waals surface area (Å²) in [7, 11) is 1.72. The Bertz CT molecular complexity index is 674. The van der Waals surface area contributed by atoms with E-state index in [0.29, 0.717) is 18.0 Å². The smallest absolute Gasteiger partial charge is 0.119 e. The lowest BCUT2D eigenvalue weighted by Crippen LogP contribution is -2.29. The van der Waals surface area contributed by atoms with Crippen LogP contribution in [-0.2, 0) is 0 Å². The fraction of sp³-hybridized carbons (Fsp3) is 0.429. The minimum Gasteiger partial charge on any atom is -0.497 e. The van der Waals surface area contributed by atoms with Crippen LogP contribution in [0.5, 0.6) is 5.75 Å². The predicted molar refractivity (Wildman–Crippen MR) is 109 cm³/mol. The molecule has 4 heteroatoms. The number of hydrogen-bond donors (Lipinski definition) is 2. The third-order valence-corrected chi connectivity index (χ3v) is 5.55. The van der Waals surface area contributed by atoms with Crippen LogP contribution in [0.4, 0.5) is 5.69 Å². The summed E-state index contributed by atoms with van der Waals surface area (Å²) in [5.74, 6) is 1.59. The molecule has 0 heterocycles. The molecule has 0 saturated heterocycles. The zero-order valence-corrected chi connectivity index (χ0v) is 16.1. The van der Waals surface area contributed by atoms with Gasteiger partial charge in [-0.15, -0.1) is 0 Å².